The number of hydrogen-bond donors (Lipinski definition) is 1. The molecule has 0 saturated heterocycles. The predicted octanol–water partition coefficient (Wildman–Crippen LogP) is 3.22. The lowest BCUT2D eigenvalue weighted by Gasteiger charge is -2.24. The maximum Gasteiger partial charge on any atom is 0.220 e. The van der Waals surface area contributed by atoms with Gasteiger partial charge in [-0.1, -0.05) is 12.1 Å². The maximum atomic E-state index is 11.4. The summed E-state index contributed by atoms with van der Waals surface area (Å²) in [6.45, 7) is 6.24. The van der Waals surface area contributed by atoms with Gasteiger partial charge in [0.05, 0.1) is 11.9 Å². The lowest BCUT2D eigenvalue weighted by atomic mass is 10.0. The maximum absolute atomic E-state index is 11.4. The van der Waals surface area contributed by atoms with Gasteiger partial charge in [0.2, 0.25) is 5.91 Å². The third-order valence-electron chi connectivity index (χ3n) is 5.98. The lowest BCUT2D eigenvalue weighted by Crippen LogP contribution is -2.26. The van der Waals surface area contributed by atoms with E-state index in [2.05, 4.69) is 36.1 Å². The summed E-state index contributed by atoms with van der Waals surface area (Å²) in [5.74, 6) is 1.71. The molecule has 0 aliphatic heterocycles. The molecule has 2 aromatic heterocycles. The number of fused-ring (bicyclic) bond motifs is 1. The van der Waals surface area contributed by atoms with E-state index in [1.807, 2.05) is 24.3 Å². The first-order valence-electron chi connectivity index (χ1n) is 10.5. The zero-order chi connectivity index (χ0) is 21.3. The lowest BCUT2D eigenvalue weighted by molar-refractivity contribution is -0.121. The first kappa shape index (κ1) is 20.3. The van der Waals surface area contributed by atoms with Crippen molar-refractivity contribution in [3.8, 4) is 11.4 Å². The molecule has 2 heterocycles. The molecule has 1 aliphatic carbocycles. The highest BCUT2D eigenvalue weighted by atomic mass is 16.5. The molecule has 8 nitrogen and oxygen atoms in total. The van der Waals surface area contributed by atoms with Crippen LogP contribution in [0.4, 0.5) is 0 Å². The summed E-state index contributed by atoms with van der Waals surface area (Å²) in [6, 6.07) is 7.77. The van der Waals surface area contributed by atoms with Gasteiger partial charge in [0.25, 0.3) is 0 Å². The Bertz CT molecular complexity index is 1040. The third kappa shape index (κ3) is 4.27. The Morgan fingerprint density at radius 2 is 2.03 bits per heavy atom. The molecule has 1 aliphatic rings. The van der Waals surface area contributed by atoms with Gasteiger partial charge in [-0.2, -0.15) is 4.68 Å². The summed E-state index contributed by atoms with van der Waals surface area (Å²) >= 11 is 0. The number of ether oxygens (including phenoxy) is 1. The van der Waals surface area contributed by atoms with Crippen LogP contribution in [0.15, 0.2) is 30.5 Å². The van der Waals surface area contributed by atoms with Crippen molar-refractivity contribution in [2.75, 3.05) is 0 Å². The predicted molar refractivity (Wildman–Crippen MR) is 113 cm³/mol. The van der Waals surface area contributed by atoms with Gasteiger partial charge >= 0.3 is 0 Å². The van der Waals surface area contributed by atoms with Gasteiger partial charge in [0.15, 0.2) is 11.2 Å². The van der Waals surface area contributed by atoms with Gasteiger partial charge in [-0.3, -0.25) is 4.79 Å². The van der Waals surface area contributed by atoms with Crippen LogP contribution in [-0.4, -0.2) is 36.5 Å². The van der Waals surface area contributed by atoms with Crippen molar-refractivity contribution in [2.24, 2.45) is 17.6 Å². The van der Waals surface area contributed by atoms with Gasteiger partial charge in [0, 0.05) is 12.3 Å². The Balaban J connectivity index is 1.54. The summed E-state index contributed by atoms with van der Waals surface area (Å²) in [5.41, 5.74) is 7.42. The molecule has 1 saturated carbocycles. The van der Waals surface area contributed by atoms with Crippen LogP contribution in [0.3, 0.4) is 0 Å². The van der Waals surface area contributed by atoms with E-state index in [9.17, 15) is 4.79 Å². The Kier molecular flexibility index (Phi) is 5.40. The number of nitrogens with two attached hydrogens (primary N) is 1. The van der Waals surface area contributed by atoms with Crippen LogP contribution in [0.2, 0.25) is 0 Å². The van der Waals surface area contributed by atoms with Crippen molar-refractivity contribution in [1.29, 1.82) is 0 Å². The number of nitrogens with zero attached hydrogens (tertiary/aromatic N) is 5. The third-order valence-corrected chi connectivity index (χ3v) is 5.98. The topological polar surface area (TPSA) is 109 Å². The number of carbonyl (C=O) groups is 1. The zero-order valence-electron chi connectivity index (χ0n) is 17.7. The van der Waals surface area contributed by atoms with Crippen LogP contribution in [0.25, 0.3) is 16.9 Å². The van der Waals surface area contributed by atoms with E-state index in [-0.39, 0.29) is 17.4 Å². The van der Waals surface area contributed by atoms with Crippen molar-refractivity contribution in [3.05, 3.63) is 36.3 Å². The molecule has 1 amide bonds. The number of primary amides is 1. The van der Waals surface area contributed by atoms with E-state index >= 15 is 0 Å². The van der Waals surface area contributed by atoms with Crippen LogP contribution < -0.4 is 10.5 Å². The fourth-order valence-corrected chi connectivity index (χ4v) is 3.86. The number of carbonyl (C=O) groups excluding carboxylic acids is 1. The molecule has 2 N–H and O–H groups in total. The van der Waals surface area contributed by atoms with Crippen molar-refractivity contribution < 1.29 is 9.53 Å². The molecule has 3 aromatic rings. The number of aromatic nitrogens is 5. The highest BCUT2D eigenvalue weighted by Crippen LogP contribution is 2.32. The molecule has 158 valence electrons. The molecule has 0 bridgehead atoms. The average molecular weight is 409 g/mol. The van der Waals surface area contributed by atoms with Crippen molar-refractivity contribution in [2.45, 2.75) is 58.5 Å². The molecule has 0 spiro atoms. The summed E-state index contributed by atoms with van der Waals surface area (Å²) in [7, 11) is 0. The Hall–Kier alpha value is -3.03. The van der Waals surface area contributed by atoms with Crippen LogP contribution in [-0.2, 0) is 11.2 Å². The fourth-order valence-electron chi connectivity index (χ4n) is 3.86. The molecular formula is C22H28N6O2. The second-order valence-electron chi connectivity index (χ2n) is 8.69. The number of rotatable bonds is 7. The minimum Gasteiger partial charge on any atom is -0.488 e. The van der Waals surface area contributed by atoms with E-state index in [0.29, 0.717) is 17.1 Å². The zero-order valence-corrected chi connectivity index (χ0v) is 17.7. The molecule has 0 unspecified atom stereocenters. The standard InChI is InChI=1S/C22H28N6O2/c1-4-22(2,3)30-17-9-7-16(8-10-17)28-21-18(26-27-28)13-24-19(25-21)12-14-5-6-15(11-14)20(23)29/h7-10,13-15H,4-6,11-12H2,1-3H3,(H2,23,29)/t14-,15-/m1/s1. The van der Waals surface area contributed by atoms with Gasteiger partial charge in [-0.15, -0.1) is 5.10 Å². The highest BCUT2D eigenvalue weighted by Gasteiger charge is 2.29. The quantitative estimate of drug-likeness (QED) is 0.643. The fraction of sp³-hybridized carbons (Fsp3) is 0.500. The smallest absolute Gasteiger partial charge is 0.220 e. The molecule has 1 fully saturated rings. The van der Waals surface area contributed by atoms with Crippen molar-refractivity contribution in [1.82, 2.24) is 25.0 Å². The second kappa shape index (κ2) is 8.01. The number of hydrogen-bond acceptors (Lipinski definition) is 6. The molecule has 8 heteroatoms. The Morgan fingerprint density at radius 3 is 2.70 bits per heavy atom. The van der Waals surface area contributed by atoms with Crippen LogP contribution in [0, 0.1) is 11.8 Å². The molecule has 0 radical (unpaired) electrons. The average Bonchev–Trinajstić information content (AvgIpc) is 3.35. The number of amides is 1. The van der Waals surface area contributed by atoms with E-state index < -0.39 is 0 Å². The van der Waals surface area contributed by atoms with Crippen LogP contribution in [0.5, 0.6) is 5.75 Å². The van der Waals surface area contributed by atoms with E-state index in [1.54, 1.807) is 10.9 Å². The normalized spacial score (nSPS) is 19.3. The molecule has 2 atom stereocenters. The minimum atomic E-state index is -0.211. The summed E-state index contributed by atoms with van der Waals surface area (Å²) < 4.78 is 7.74. The van der Waals surface area contributed by atoms with Gasteiger partial charge in [0.1, 0.15) is 17.2 Å². The summed E-state index contributed by atoms with van der Waals surface area (Å²) in [5, 5.41) is 8.45. The second-order valence-corrected chi connectivity index (χ2v) is 8.69. The molecule has 1 aromatic carbocycles. The van der Waals surface area contributed by atoms with Gasteiger partial charge in [-0.25, -0.2) is 9.97 Å². The van der Waals surface area contributed by atoms with E-state index in [1.165, 1.54) is 0 Å². The molecular weight excluding hydrogens is 380 g/mol. The largest absolute Gasteiger partial charge is 0.488 e. The van der Waals surface area contributed by atoms with Crippen LogP contribution >= 0.6 is 0 Å². The number of benzene rings is 1. The van der Waals surface area contributed by atoms with E-state index in [0.717, 1.165) is 49.4 Å². The first-order chi connectivity index (χ1) is 14.3. The summed E-state index contributed by atoms with van der Waals surface area (Å²) in [6.07, 6.45) is 5.99. The van der Waals surface area contributed by atoms with Crippen LogP contribution in [0.1, 0.15) is 52.3 Å². The summed E-state index contributed by atoms with van der Waals surface area (Å²) in [4.78, 5) is 20.6. The SMILES string of the molecule is CCC(C)(C)Oc1ccc(-n2nnc3cnc(C[C@@H]4CC[C@@H](C(N)=O)C4)nc32)cc1. The Labute approximate surface area is 175 Å². The molecule has 30 heavy (non-hydrogen) atoms. The molecule has 4 rings (SSSR count). The van der Waals surface area contributed by atoms with Gasteiger partial charge in [-0.05, 0) is 69.7 Å². The first-order valence-corrected chi connectivity index (χ1v) is 10.5. The van der Waals surface area contributed by atoms with Crippen molar-refractivity contribution >= 4 is 17.1 Å². The monoisotopic (exact) mass is 408 g/mol. The van der Waals surface area contributed by atoms with Crippen molar-refractivity contribution in [3.63, 3.8) is 0 Å². The highest BCUT2D eigenvalue weighted by molar-refractivity contribution is 5.76. The minimum absolute atomic E-state index is 0.0238. The van der Waals surface area contributed by atoms with E-state index in [4.69, 9.17) is 15.5 Å². The Morgan fingerprint density at radius 1 is 1.27 bits per heavy atom. The van der Waals surface area contributed by atoms with Gasteiger partial charge < -0.3 is 10.5 Å².